The Morgan fingerprint density at radius 2 is 1.97 bits per heavy atom. The molecule has 0 aliphatic carbocycles. The summed E-state index contributed by atoms with van der Waals surface area (Å²) in [7, 11) is 0. The highest BCUT2D eigenvalue weighted by Crippen LogP contribution is 2.25. The van der Waals surface area contributed by atoms with Gasteiger partial charge in [0, 0.05) is 23.7 Å². The van der Waals surface area contributed by atoms with Gasteiger partial charge in [-0.25, -0.2) is 4.98 Å². The highest BCUT2D eigenvalue weighted by molar-refractivity contribution is 7.98. The molecule has 2 aromatic carbocycles. The zero-order chi connectivity index (χ0) is 22.7. The summed E-state index contributed by atoms with van der Waals surface area (Å²) in [5, 5.41) is 3.96. The molecule has 2 amide bonds. The van der Waals surface area contributed by atoms with Crippen LogP contribution in [0.4, 0.5) is 0 Å². The number of nitrogens with zero attached hydrogens (tertiary/aromatic N) is 2. The Morgan fingerprint density at radius 3 is 2.69 bits per heavy atom. The number of carbonyl (C=O) groups is 2. The summed E-state index contributed by atoms with van der Waals surface area (Å²) >= 11 is 14.2. The van der Waals surface area contributed by atoms with E-state index >= 15 is 0 Å². The standard InChI is InChI=1S/C23H24Cl2N4O2S/c1-32-11-8-19(21-26-18-7-5-15(24)13-20(18)27-21)28-22(30)14-4-6-16(17(25)12-14)23(31)29-9-2-3-10-29/h4-7,12-13,19H,2-3,8-11H2,1H3,(H,26,27)(H,28,30)/t19-/m0/s1. The van der Waals surface area contributed by atoms with Gasteiger partial charge in [0.2, 0.25) is 0 Å². The molecule has 1 atom stereocenters. The van der Waals surface area contributed by atoms with E-state index in [0.29, 0.717) is 28.4 Å². The minimum absolute atomic E-state index is 0.0850. The first kappa shape index (κ1) is 23.0. The molecule has 1 aliphatic heterocycles. The van der Waals surface area contributed by atoms with E-state index in [1.807, 2.05) is 18.4 Å². The first-order chi connectivity index (χ1) is 15.5. The third-order valence-electron chi connectivity index (χ3n) is 5.56. The monoisotopic (exact) mass is 490 g/mol. The van der Waals surface area contributed by atoms with Crippen LogP contribution < -0.4 is 5.32 Å². The molecule has 4 rings (SSSR count). The molecule has 1 aromatic heterocycles. The normalized spacial score (nSPS) is 14.7. The average molecular weight is 491 g/mol. The number of likely N-dealkylation sites (tertiary alicyclic amines) is 1. The summed E-state index contributed by atoms with van der Waals surface area (Å²) in [6.45, 7) is 1.49. The number of fused-ring (bicyclic) bond motifs is 1. The Kier molecular flexibility index (Phi) is 7.28. The minimum Gasteiger partial charge on any atom is -0.342 e. The summed E-state index contributed by atoms with van der Waals surface area (Å²) in [6, 6.07) is 10.00. The third-order valence-corrected chi connectivity index (χ3v) is 6.76. The summed E-state index contributed by atoms with van der Waals surface area (Å²) in [5.74, 6) is 1.18. The third kappa shape index (κ3) is 5.05. The van der Waals surface area contributed by atoms with E-state index in [4.69, 9.17) is 23.2 Å². The molecule has 0 radical (unpaired) electrons. The molecule has 168 valence electrons. The Balaban J connectivity index is 1.53. The van der Waals surface area contributed by atoms with E-state index in [1.54, 1.807) is 40.9 Å². The lowest BCUT2D eigenvalue weighted by atomic mass is 10.1. The smallest absolute Gasteiger partial charge is 0.255 e. The number of imidazole rings is 1. The number of amides is 2. The highest BCUT2D eigenvalue weighted by atomic mass is 35.5. The first-order valence-corrected chi connectivity index (χ1v) is 12.6. The Bertz CT molecular complexity index is 1140. The molecule has 2 N–H and O–H groups in total. The number of hydrogen-bond donors (Lipinski definition) is 2. The number of nitrogens with one attached hydrogen (secondary N) is 2. The van der Waals surface area contributed by atoms with Crippen LogP contribution in [0, 0.1) is 0 Å². The van der Waals surface area contributed by atoms with Crippen LogP contribution in [0.2, 0.25) is 10.0 Å². The van der Waals surface area contributed by atoms with Crippen LogP contribution >= 0.6 is 35.0 Å². The van der Waals surface area contributed by atoms with Gasteiger partial charge in [0.25, 0.3) is 11.8 Å². The second-order valence-electron chi connectivity index (χ2n) is 7.78. The van der Waals surface area contributed by atoms with Crippen LogP contribution in [0.1, 0.15) is 51.8 Å². The number of aromatic amines is 1. The topological polar surface area (TPSA) is 78.1 Å². The van der Waals surface area contributed by atoms with E-state index in [9.17, 15) is 9.59 Å². The molecule has 1 fully saturated rings. The zero-order valence-corrected chi connectivity index (χ0v) is 20.0. The molecule has 9 heteroatoms. The van der Waals surface area contributed by atoms with Crippen molar-refractivity contribution >= 4 is 57.8 Å². The Hall–Kier alpha value is -2.22. The molecular weight excluding hydrogens is 467 g/mol. The predicted molar refractivity (Wildman–Crippen MR) is 131 cm³/mol. The zero-order valence-electron chi connectivity index (χ0n) is 17.7. The first-order valence-electron chi connectivity index (χ1n) is 10.5. The number of rotatable bonds is 7. The van der Waals surface area contributed by atoms with Crippen molar-refractivity contribution in [3.05, 3.63) is 63.4 Å². The largest absolute Gasteiger partial charge is 0.342 e. The summed E-state index contributed by atoms with van der Waals surface area (Å²) in [4.78, 5) is 35.4. The molecule has 2 heterocycles. The lowest BCUT2D eigenvalue weighted by Gasteiger charge is -2.18. The molecule has 3 aromatic rings. The van der Waals surface area contributed by atoms with E-state index in [1.165, 1.54) is 0 Å². The molecular formula is C23H24Cl2N4O2S. The maximum Gasteiger partial charge on any atom is 0.255 e. The van der Waals surface area contributed by atoms with Gasteiger partial charge in [-0.15, -0.1) is 0 Å². The number of thioether (sulfide) groups is 1. The van der Waals surface area contributed by atoms with Crippen LogP contribution in [0.15, 0.2) is 36.4 Å². The van der Waals surface area contributed by atoms with Crippen LogP contribution in [-0.2, 0) is 0 Å². The number of halogens is 2. The van der Waals surface area contributed by atoms with Gasteiger partial charge in [-0.3, -0.25) is 9.59 Å². The van der Waals surface area contributed by atoms with Gasteiger partial charge in [-0.05, 0) is 67.7 Å². The second kappa shape index (κ2) is 10.1. The van der Waals surface area contributed by atoms with Crippen molar-refractivity contribution in [1.82, 2.24) is 20.2 Å². The lowest BCUT2D eigenvalue weighted by Crippen LogP contribution is -2.30. The van der Waals surface area contributed by atoms with Crippen molar-refractivity contribution in [1.29, 1.82) is 0 Å². The van der Waals surface area contributed by atoms with Gasteiger partial charge in [0.05, 0.1) is 27.7 Å². The highest BCUT2D eigenvalue weighted by Gasteiger charge is 2.23. The fourth-order valence-corrected chi connectivity index (χ4v) is 4.75. The van der Waals surface area contributed by atoms with Gasteiger partial charge in [-0.1, -0.05) is 23.2 Å². The van der Waals surface area contributed by atoms with Crippen LogP contribution in [0.3, 0.4) is 0 Å². The molecule has 0 spiro atoms. The number of H-pyrrole nitrogens is 1. The quantitative estimate of drug-likeness (QED) is 0.469. The maximum absolute atomic E-state index is 13.0. The summed E-state index contributed by atoms with van der Waals surface area (Å²) < 4.78 is 0. The Labute approximate surface area is 201 Å². The fourth-order valence-electron chi connectivity index (χ4n) is 3.84. The fraction of sp³-hybridized carbons (Fsp3) is 0.348. The van der Waals surface area contributed by atoms with E-state index in [2.05, 4.69) is 15.3 Å². The summed E-state index contributed by atoms with van der Waals surface area (Å²) in [5.41, 5.74) is 2.45. The lowest BCUT2D eigenvalue weighted by molar-refractivity contribution is 0.0792. The van der Waals surface area contributed by atoms with Crippen molar-refractivity contribution in [3.8, 4) is 0 Å². The number of hydrogen-bond acceptors (Lipinski definition) is 4. The van der Waals surface area contributed by atoms with E-state index in [-0.39, 0.29) is 22.9 Å². The molecule has 0 unspecified atom stereocenters. The maximum atomic E-state index is 13.0. The van der Waals surface area contributed by atoms with Crippen molar-refractivity contribution in [2.75, 3.05) is 25.1 Å². The number of aromatic nitrogens is 2. The van der Waals surface area contributed by atoms with Gasteiger partial charge >= 0.3 is 0 Å². The molecule has 0 bridgehead atoms. The van der Waals surface area contributed by atoms with Gasteiger partial charge in [-0.2, -0.15) is 11.8 Å². The summed E-state index contributed by atoms with van der Waals surface area (Å²) in [6.07, 6.45) is 4.75. The van der Waals surface area contributed by atoms with E-state index < -0.39 is 0 Å². The van der Waals surface area contributed by atoms with Gasteiger partial charge in [0.1, 0.15) is 5.82 Å². The van der Waals surface area contributed by atoms with E-state index in [0.717, 1.165) is 42.7 Å². The predicted octanol–water partition coefficient (Wildman–Crippen LogP) is 5.33. The van der Waals surface area contributed by atoms with Crippen LogP contribution in [0.25, 0.3) is 11.0 Å². The molecule has 1 saturated heterocycles. The molecule has 1 aliphatic rings. The minimum atomic E-state index is -0.300. The van der Waals surface area contributed by atoms with Crippen molar-refractivity contribution < 1.29 is 9.59 Å². The van der Waals surface area contributed by atoms with Crippen molar-refractivity contribution in [3.63, 3.8) is 0 Å². The number of carbonyl (C=O) groups excluding carboxylic acids is 2. The SMILES string of the molecule is CSCC[C@H](NC(=O)c1ccc(C(=O)N2CCCC2)c(Cl)c1)c1nc2ccc(Cl)cc2[nH]1. The second-order valence-corrected chi connectivity index (χ2v) is 9.61. The molecule has 6 nitrogen and oxygen atoms in total. The number of benzene rings is 2. The van der Waals surface area contributed by atoms with Gasteiger partial charge in [0.15, 0.2) is 0 Å². The average Bonchev–Trinajstić information content (AvgIpc) is 3.45. The van der Waals surface area contributed by atoms with Crippen LogP contribution in [0.5, 0.6) is 0 Å². The van der Waals surface area contributed by atoms with Crippen molar-refractivity contribution in [2.45, 2.75) is 25.3 Å². The van der Waals surface area contributed by atoms with Crippen molar-refractivity contribution in [2.24, 2.45) is 0 Å². The Morgan fingerprint density at radius 1 is 1.19 bits per heavy atom. The molecule has 0 saturated carbocycles. The molecule has 32 heavy (non-hydrogen) atoms. The van der Waals surface area contributed by atoms with Gasteiger partial charge < -0.3 is 15.2 Å². The van der Waals surface area contributed by atoms with Crippen LogP contribution in [-0.4, -0.2) is 51.8 Å².